The molecule has 10 nitrogen and oxygen atoms in total. The number of hydrogen-bond donors (Lipinski definition) is 3. The first-order valence-electron chi connectivity index (χ1n) is 8.45. The molecule has 0 amide bonds. The van der Waals surface area contributed by atoms with E-state index in [-0.39, 0.29) is 12.5 Å². The van der Waals surface area contributed by atoms with Gasteiger partial charge in [0.25, 0.3) is 0 Å². The van der Waals surface area contributed by atoms with Crippen LogP contribution >= 0.6 is 0 Å². The number of phenols is 1. The molecule has 10 heteroatoms. The van der Waals surface area contributed by atoms with Crippen LogP contribution in [0.15, 0.2) is 24.3 Å². The Hall–Kier alpha value is -3.66. The van der Waals surface area contributed by atoms with E-state index in [1.807, 2.05) is 0 Å². The van der Waals surface area contributed by atoms with Gasteiger partial charge in [0.2, 0.25) is 18.3 Å². The molecule has 0 bridgehead atoms. The minimum Gasteiger partial charge on any atom is -0.504 e. The fourth-order valence-corrected chi connectivity index (χ4v) is 2.89. The maximum absolute atomic E-state index is 9.98. The van der Waals surface area contributed by atoms with Gasteiger partial charge in [-0.05, 0) is 24.3 Å². The van der Waals surface area contributed by atoms with Gasteiger partial charge in [-0.3, -0.25) is 5.10 Å². The normalized spacial score (nSPS) is 11.5. The molecule has 0 aliphatic carbocycles. The Balaban J connectivity index is 0.00000117. The number of aromatic nitrogens is 3. The van der Waals surface area contributed by atoms with Gasteiger partial charge < -0.3 is 33.9 Å². The van der Waals surface area contributed by atoms with Crippen LogP contribution in [0.5, 0.6) is 34.5 Å². The minimum atomic E-state index is 0.00341. The first kappa shape index (κ1) is 20.1. The van der Waals surface area contributed by atoms with Gasteiger partial charge >= 0.3 is 0 Å². The van der Waals surface area contributed by atoms with Crippen molar-refractivity contribution in [1.29, 1.82) is 0 Å². The van der Waals surface area contributed by atoms with Gasteiger partial charge in [-0.15, -0.1) is 0 Å². The number of rotatable bonds is 5. The van der Waals surface area contributed by atoms with E-state index in [0.717, 1.165) is 7.11 Å². The molecule has 0 saturated heterocycles. The lowest BCUT2D eigenvalue weighted by molar-refractivity contribution is 0.168. The van der Waals surface area contributed by atoms with Gasteiger partial charge in [-0.25, -0.2) is 4.98 Å². The van der Waals surface area contributed by atoms with Crippen molar-refractivity contribution in [3.8, 4) is 57.3 Å². The van der Waals surface area contributed by atoms with Crippen molar-refractivity contribution in [2.75, 3.05) is 35.2 Å². The molecule has 29 heavy (non-hydrogen) atoms. The van der Waals surface area contributed by atoms with Crippen LogP contribution in [0, 0.1) is 0 Å². The van der Waals surface area contributed by atoms with Crippen molar-refractivity contribution in [3.63, 3.8) is 0 Å². The minimum absolute atomic E-state index is 0.00341. The number of H-pyrrole nitrogens is 1. The maximum atomic E-state index is 9.98. The van der Waals surface area contributed by atoms with Crippen LogP contribution in [0.3, 0.4) is 0 Å². The van der Waals surface area contributed by atoms with E-state index in [0.29, 0.717) is 51.5 Å². The van der Waals surface area contributed by atoms with Gasteiger partial charge in [0.1, 0.15) is 0 Å². The molecule has 2 aromatic carbocycles. The third kappa shape index (κ3) is 3.57. The summed E-state index contributed by atoms with van der Waals surface area (Å²) in [6, 6.07) is 6.67. The lowest BCUT2D eigenvalue weighted by Gasteiger charge is -2.12. The van der Waals surface area contributed by atoms with Gasteiger partial charge in [-0.1, -0.05) is 0 Å². The number of aliphatic hydroxyl groups excluding tert-OH is 1. The molecular formula is C19H21N3O7. The van der Waals surface area contributed by atoms with Crippen LogP contribution in [-0.2, 0) is 0 Å². The van der Waals surface area contributed by atoms with E-state index in [4.69, 9.17) is 28.8 Å². The SMILES string of the molecule is CO.COc1ccc(-c2n[nH]c(-c3cc(OC)c4c(c3OC)OCO4)n2)cc1O. The Labute approximate surface area is 166 Å². The standard InChI is InChI=1S/C18H17N3O6.CH4O/c1-23-12-5-4-9(6-11(12)22)17-19-18(21-20-17)10-7-13(24-2)15-16(14(10)25-3)27-8-26-15;1-2/h4-7,22H,8H2,1-3H3,(H,19,20,21);2H,1H3. The number of phenolic OH excluding ortho intramolecular Hbond substituents is 1. The van der Waals surface area contributed by atoms with Gasteiger partial charge in [0, 0.05) is 12.7 Å². The second-order valence-electron chi connectivity index (χ2n) is 5.62. The predicted octanol–water partition coefficient (Wildman–Crippen LogP) is 2.21. The average molecular weight is 403 g/mol. The summed E-state index contributed by atoms with van der Waals surface area (Å²) in [7, 11) is 5.56. The van der Waals surface area contributed by atoms with E-state index in [1.54, 1.807) is 25.3 Å². The monoisotopic (exact) mass is 403 g/mol. The highest BCUT2D eigenvalue weighted by Crippen LogP contribution is 2.51. The van der Waals surface area contributed by atoms with E-state index in [1.165, 1.54) is 20.3 Å². The van der Waals surface area contributed by atoms with Crippen LogP contribution in [0.1, 0.15) is 0 Å². The second-order valence-corrected chi connectivity index (χ2v) is 5.62. The number of nitrogens with zero attached hydrogens (tertiary/aromatic N) is 2. The summed E-state index contributed by atoms with van der Waals surface area (Å²) in [4.78, 5) is 4.51. The fraction of sp³-hybridized carbons (Fsp3) is 0.263. The van der Waals surface area contributed by atoms with Crippen LogP contribution in [0.2, 0.25) is 0 Å². The Morgan fingerprint density at radius 3 is 2.34 bits per heavy atom. The Morgan fingerprint density at radius 1 is 0.966 bits per heavy atom. The number of aromatic hydroxyl groups is 1. The van der Waals surface area contributed by atoms with Crippen LogP contribution < -0.4 is 23.7 Å². The molecule has 3 aromatic rings. The average Bonchev–Trinajstić information content (AvgIpc) is 3.44. The number of nitrogens with one attached hydrogen (secondary N) is 1. The highest BCUT2D eigenvalue weighted by atomic mass is 16.7. The quantitative estimate of drug-likeness (QED) is 0.587. The third-order valence-corrected chi connectivity index (χ3v) is 4.16. The molecule has 2 heterocycles. The van der Waals surface area contributed by atoms with Gasteiger partial charge in [-0.2, -0.15) is 5.10 Å². The smallest absolute Gasteiger partial charge is 0.231 e. The first-order valence-corrected chi connectivity index (χ1v) is 8.45. The van der Waals surface area contributed by atoms with Crippen molar-refractivity contribution in [2.24, 2.45) is 0 Å². The van der Waals surface area contributed by atoms with Crippen molar-refractivity contribution in [3.05, 3.63) is 24.3 Å². The van der Waals surface area contributed by atoms with E-state index < -0.39 is 0 Å². The number of hydrogen-bond acceptors (Lipinski definition) is 9. The van der Waals surface area contributed by atoms with Crippen LogP contribution in [0.25, 0.3) is 22.8 Å². The zero-order valence-corrected chi connectivity index (χ0v) is 16.3. The zero-order valence-electron chi connectivity index (χ0n) is 16.3. The summed E-state index contributed by atoms with van der Waals surface area (Å²) in [5.74, 6) is 3.13. The molecule has 0 unspecified atom stereocenters. The number of methoxy groups -OCH3 is 3. The molecule has 1 aromatic heterocycles. The molecule has 0 fully saturated rings. The van der Waals surface area contributed by atoms with Gasteiger partial charge in [0.15, 0.2) is 34.6 Å². The molecule has 0 atom stereocenters. The zero-order chi connectivity index (χ0) is 21.0. The summed E-state index contributed by atoms with van der Waals surface area (Å²) in [6.45, 7) is 0.0816. The number of aliphatic hydroxyl groups is 1. The summed E-state index contributed by atoms with van der Waals surface area (Å²) < 4.78 is 26.9. The van der Waals surface area contributed by atoms with E-state index >= 15 is 0 Å². The molecule has 0 radical (unpaired) electrons. The highest BCUT2D eigenvalue weighted by Gasteiger charge is 2.28. The largest absolute Gasteiger partial charge is 0.504 e. The van der Waals surface area contributed by atoms with Crippen LogP contribution in [-0.4, -0.2) is 60.6 Å². The van der Waals surface area contributed by atoms with Crippen LogP contribution in [0.4, 0.5) is 0 Å². The Morgan fingerprint density at radius 2 is 1.69 bits per heavy atom. The summed E-state index contributed by atoms with van der Waals surface area (Å²) in [5, 5.41) is 24.1. The molecule has 154 valence electrons. The summed E-state index contributed by atoms with van der Waals surface area (Å²) in [5.41, 5.74) is 1.23. The summed E-state index contributed by atoms with van der Waals surface area (Å²) in [6.07, 6.45) is 0. The number of benzene rings is 2. The number of aromatic amines is 1. The van der Waals surface area contributed by atoms with Crippen molar-refractivity contribution in [1.82, 2.24) is 15.2 Å². The second kappa shape index (κ2) is 8.57. The maximum Gasteiger partial charge on any atom is 0.231 e. The molecule has 0 saturated carbocycles. The van der Waals surface area contributed by atoms with Crippen molar-refractivity contribution in [2.45, 2.75) is 0 Å². The third-order valence-electron chi connectivity index (χ3n) is 4.16. The predicted molar refractivity (Wildman–Crippen MR) is 103 cm³/mol. The topological polar surface area (TPSA) is 128 Å². The molecule has 1 aliphatic heterocycles. The molecular weight excluding hydrogens is 382 g/mol. The molecule has 3 N–H and O–H groups in total. The molecule has 1 aliphatic rings. The number of fused-ring (bicyclic) bond motifs is 1. The molecule has 4 rings (SSSR count). The number of ether oxygens (including phenoxy) is 5. The lowest BCUT2D eigenvalue weighted by Crippen LogP contribution is -1.95. The van der Waals surface area contributed by atoms with Gasteiger partial charge in [0.05, 0.1) is 26.9 Å². The van der Waals surface area contributed by atoms with Crippen molar-refractivity contribution < 1.29 is 33.9 Å². The highest BCUT2D eigenvalue weighted by molar-refractivity contribution is 5.77. The Bertz CT molecular complexity index is 1000. The lowest BCUT2D eigenvalue weighted by atomic mass is 10.1. The van der Waals surface area contributed by atoms with Crippen molar-refractivity contribution >= 4 is 0 Å². The van der Waals surface area contributed by atoms with E-state index in [2.05, 4.69) is 15.2 Å². The Kier molecular flexibility index (Phi) is 5.93. The summed E-state index contributed by atoms with van der Waals surface area (Å²) >= 11 is 0. The first-order chi connectivity index (χ1) is 14.2. The molecule has 0 spiro atoms. The fourth-order valence-electron chi connectivity index (χ4n) is 2.89. The van der Waals surface area contributed by atoms with E-state index in [9.17, 15) is 5.11 Å².